The third-order valence-corrected chi connectivity index (χ3v) is 10.5. The number of rotatable bonds is 21. The minimum Gasteiger partial charge on any atom is -0.480 e. The number of thioether (sulfide) groups is 2. The Labute approximate surface area is 320 Å². The molecule has 0 saturated carbocycles. The summed E-state index contributed by atoms with van der Waals surface area (Å²) in [6.07, 6.45) is -23.0. The first-order chi connectivity index (χ1) is 25.9. The Hall–Kier alpha value is -2.21. The van der Waals surface area contributed by atoms with Crippen LogP contribution in [0.1, 0.15) is 19.8 Å². The molecule has 38 heteroatoms. The first-order valence-corrected chi connectivity index (χ1v) is 15.8. The molecule has 61 heavy (non-hydrogen) atoms. The lowest BCUT2D eigenvalue weighted by Gasteiger charge is -2.43. The van der Waals surface area contributed by atoms with Gasteiger partial charge in [-0.1, -0.05) is 0 Å². The summed E-state index contributed by atoms with van der Waals surface area (Å²) in [6, 6.07) is 0. The van der Waals surface area contributed by atoms with Gasteiger partial charge in [-0.15, -0.1) is 23.5 Å². The molecule has 0 radical (unpaired) electrons. The highest BCUT2D eigenvalue weighted by Gasteiger charge is 2.97. The highest BCUT2D eigenvalue weighted by Crippen LogP contribution is 2.66. The minimum atomic E-state index is -9.05. The lowest BCUT2D eigenvalue weighted by molar-refractivity contribution is -0.461. The Balaban J connectivity index is 6.53. The molecule has 0 saturated heterocycles. The second-order valence-corrected chi connectivity index (χ2v) is 15.0. The number of alkyl halides is 34. The fraction of sp³-hybridized carbons (Fsp3) is 0.957. The van der Waals surface area contributed by atoms with E-state index < -0.39 is 153 Å². The van der Waals surface area contributed by atoms with E-state index >= 15 is 0 Å². The van der Waals surface area contributed by atoms with Crippen molar-refractivity contribution in [1.29, 1.82) is 0 Å². The molecule has 0 heterocycles. The van der Waals surface area contributed by atoms with Gasteiger partial charge in [0.05, 0.1) is 0 Å². The zero-order valence-electron chi connectivity index (χ0n) is 27.4. The number of aliphatic carboxylic acids is 1. The van der Waals surface area contributed by atoms with Crippen LogP contribution in [0.25, 0.3) is 0 Å². The number of hydrogen-bond acceptors (Lipinski definition) is 3. The number of hydrogen-bond donors (Lipinski definition) is 1. The Morgan fingerprint density at radius 3 is 0.656 bits per heavy atom. The molecule has 0 aliphatic rings. The van der Waals surface area contributed by atoms with Gasteiger partial charge in [0.2, 0.25) is 0 Å². The standard InChI is InChI=1S/C23H12F34O2S2/c1-7(6(58)59,60-4-2-8(24,25)10(28,29)12(32,33)14(36,37)16(40,41)18(44,45)20(48,49)22(52,53)54)61-5-3-9(26,27)11(30,31)13(34,35)15(38,39)17(42,43)19(46,47)21(50,51)23(55,56)57/h2-5H2,1H3,(H,58,59). The molecule has 0 aromatic heterocycles. The largest absolute Gasteiger partial charge is 0.480 e. The van der Waals surface area contributed by atoms with Crippen LogP contribution in [-0.4, -0.2) is 122 Å². The summed E-state index contributed by atoms with van der Waals surface area (Å²) >= 11 is -2.27. The molecule has 2 nitrogen and oxygen atoms in total. The summed E-state index contributed by atoms with van der Waals surface area (Å²) in [7, 11) is 0. The Kier molecular flexibility index (Phi) is 15.2. The maximum atomic E-state index is 14.1. The van der Waals surface area contributed by atoms with Crippen LogP contribution in [0.2, 0.25) is 0 Å². The fourth-order valence-electron chi connectivity index (χ4n) is 3.62. The summed E-state index contributed by atoms with van der Waals surface area (Å²) in [5.74, 6) is -127. The smallest absolute Gasteiger partial charge is 0.460 e. The highest BCUT2D eigenvalue weighted by atomic mass is 32.2. The van der Waals surface area contributed by atoms with Gasteiger partial charge in [0, 0.05) is 24.3 Å². The molecule has 1 N–H and O–H groups in total. The fourth-order valence-corrected chi connectivity index (χ4v) is 6.20. The SMILES string of the molecule is CC(SCCC(F)(F)C(F)(F)C(F)(F)C(F)(F)C(F)(F)C(F)(F)C(F)(F)C(F)(F)F)(SCCC(F)(F)C(F)(F)C(F)(F)C(F)(F)C(F)(F)C(F)(F)C(F)(F)C(F)(F)F)C(=O)O. The lowest BCUT2D eigenvalue weighted by Crippen LogP contribution is -2.74. The van der Waals surface area contributed by atoms with Crippen molar-refractivity contribution in [3.05, 3.63) is 0 Å². The predicted molar refractivity (Wildman–Crippen MR) is 132 cm³/mol. The lowest BCUT2D eigenvalue weighted by atomic mass is 9.88. The van der Waals surface area contributed by atoms with Crippen LogP contribution >= 0.6 is 23.5 Å². The average molecular weight is 1030 g/mol. The molecule has 0 aliphatic heterocycles. The number of carboxylic acid groups (broad SMARTS) is 1. The molecule has 0 fully saturated rings. The van der Waals surface area contributed by atoms with Gasteiger partial charge in [0.25, 0.3) is 0 Å². The molecule has 0 spiro atoms. The summed E-state index contributed by atoms with van der Waals surface area (Å²) in [5, 5.41) is 9.12. The number of carbonyl (C=O) groups is 1. The first-order valence-electron chi connectivity index (χ1n) is 13.8. The summed E-state index contributed by atoms with van der Waals surface area (Å²) in [6.45, 7) is -0.129. The van der Waals surface area contributed by atoms with Crippen LogP contribution in [0.5, 0.6) is 0 Å². The quantitative estimate of drug-likeness (QED) is 0.0918. The predicted octanol–water partition coefficient (Wildman–Crippen LogP) is 13.1. The van der Waals surface area contributed by atoms with E-state index in [1.807, 2.05) is 0 Å². The first kappa shape index (κ1) is 58.8. The van der Waals surface area contributed by atoms with E-state index in [1.54, 1.807) is 0 Å². The van der Waals surface area contributed by atoms with Gasteiger partial charge in [0.1, 0.15) is 0 Å². The topological polar surface area (TPSA) is 37.3 Å². The van der Waals surface area contributed by atoms with E-state index in [4.69, 9.17) is 5.11 Å². The summed E-state index contributed by atoms with van der Waals surface area (Å²) in [4.78, 5) is 11.5. The van der Waals surface area contributed by atoms with Gasteiger partial charge < -0.3 is 5.11 Å². The van der Waals surface area contributed by atoms with Gasteiger partial charge in [0.15, 0.2) is 4.08 Å². The van der Waals surface area contributed by atoms with Crippen molar-refractivity contribution in [2.24, 2.45) is 0 Å². The van der Waals surface area contributed by atoms with Crippen LogP contribution in [0, 0.1) is 0 Å². The summed E-state index contributed by atoms with van der Waals surface area (Å²) in [5.41, 5.74) is 0. The molecular formula is C23H12F34O2S2. The average Bonchev–Trinajstić information content (AvgIpc) is 3.02. The highest BCUT2D eigenvalue weighted by molar-refractivity contribution is 8.19. The van der Waals surface area contributed by atoms with Crippen molar-refractivity contribution < 1.29 is 159 Å². The van der Waals surface area contributed by atoms with Gasteiger partial charge in [-0.25, -0.2) is 4.79 Å². The van der Waals surface area contributed by atoms with E-state index in [9.17, 15) is 154 Å². The van der Waals surface area contributed by atoms with Gasteiger partial charge in [-0.3, -0.25) is 0 Å². The van der Waals surface area contributed by atoms with Crippen molar-refractivity contribution in [3.63, 3.8) is 0 Å². The van der Waals surface area contributed by atoms with Gasteiger partial charge >= 0.3 is 101 Å². The molecule has 0 bridgehead atoms. The van der Waals surface area contributed by atoms with Crippen molar-refractivity contribution in [2.75, 3.05) is 11.5 Å². The second kappa shape index (κ2) is 15.7. The molecule has 0 aromatic rings. The molecule has 0 rings (SSSR count). The van der Waals surface area contributed by atoms with E-state index in [0.29, 0.717) is 0 Å². The van der Waals surface area contributed by atoms with Crippen LogP contribution in [0.3, 0.4) is 0 Å². The third kappa shape index (κ3) is 8.46. The van der Waals surface area contributed by atoms with Crippen molar-refractivity contribution in [3.8, 4) is 0 Å². The molecule has 0 aromatic carbocycles. The van der Waals surface area contributed by atoms with E-state index in [2.05, 4.69) is 0 Å². The summed E-state index contributed by atoms with van der Waals surface area (Å²) < 4.78 is 452. The molecule has 0 amide bonds. The molecular weight excluding hydrogens is 1020 g/mol. The Morgan fingerprint density at radius 2 is 0.492 bits per heavy atom. The van der Waals surface area contributed by atoms with Gasteiger partial charge in [-0.2, -0.15) is 149 Å². The van der Waals surface area contributed by atoms with Gasteiger partial charge in [-0.05, 0) is 6.92 Å². The Morgan fingerprint density at radius 1 is 0.328 bits per heavy atom. The monoisotopic (exact) mass is 1030 g/mol. The van der Waals surface area contributed by atoms with Crippen molar-refractivity contribution in [2.45, 2.75) is 119 Å². The number of carboxylic acids is 1. The molecule has 0 aliphatic carbocycles. The second-order valence-electron chi connectivity index (χ2n) is 11.7. The van der Waals surface area contributed by atoms with E-state index in [-0.39, 0.29) is 6.92 Å². The zero-order chi connectivity index (χ0) is 50.3. The number of halogens is 34. The van der Waals surface area contributed by atoms with Crippen LogP contribution in [0.4, 0.5) is 149 Å². The van der Waals surface area contributed by atoms with E-state index in [1.165, 1.54) is 0 Å². The van der Waals surface area contributed by atoms with E-state index in [0.717, 1.165) is 0 Å². The molecule has 366 valence electrons. The molecule has 0 unspecified atom stereocenters. The minimum absolute atomic E-state index is 0.129. The van der Waals surface area contributed by atoms with Crippen LogP contribution in [-0.2, 0) is 4.79 Å². The molecule has 0 atom stereocenters. The van der Waals surface area contributed by atoms with Crippen LogP contribution in [0.15, 0.2) is 0 Å². The normalized spacial score (nSPS) is 16.6. The van der Waals surface area contributed by atoms with Crippen LogP contribution < -0.4 is 0 Å². The zero-order valence-corrected chi connectivity index (χ0v) is 29.0. The maximum Gasteiger partial charge on any atom is 0.460 e. The third-order valence-electron chi connectivity index (χ3n) is 7.55. The maximum absolute atomic E-state index is 14.1. The van der Waals surface area contributed by atoms with Crippen molar-refractivity contribution >= 4 is 29.5 Å². The van der Waals surface area contributed by atoms with Crippen molar-refractivity contribution in [1.82, 2.24) is 0 Å². The Bertz CT molecular complexity index is 1450.